The summed E-state index contributed by atoms with van der Waals surface area (Å²) in [6.45, 7) is 0. The first-order chi connectivity index (χ1) is 9.13. The highest BCUT2D eigenvalue weighted by molar-refractivity contribution is 9.11. The Hall–Kier alpha value is -1.64. The molecule has 2 aromatic carbocycles. The third-order valence-corrected chi connectivity index (χ3v) is 3.49. The van der Waals surface area contributed by atoms with E-state index in [-0.39, 0.29) is 0 Å². The fourth-order valence-corrected chi connectivity index (χ4v) is 2.60. The summed E-state index contributed by atoms with van der Waals surface area (Å²) < 4.78 is 7.37. The van der Waals surface area contributed by atoms with E-state index in [1.54, 1.807) is 18.2 Å². The van der Waals surface area contributed by atoms with Gasteiger partial charge in [0.25, 0.3) is 0 Å². The number of halogens is 2. The summed E-state index contributed by atoms with van der Waals surface area (Å²) >= 11 is 6.74. The quantitative estimate of drug-likeness (QED) is 0.726. The number of nitrogens with zero attached hydrogens (tertiary/aromatic N) is 1. The summed E-state index contributed by atoms with van der Waals surface area (Å²) in [5, 5.41) is 9.06. The molecule has 5 heteroatoms. The molecule has 0 unspecified atom stereocenters. The van der Waals surface area contributed by atoms with Gasteiger partial charge in [0.1, 0.15) is 23.9 Å². The Labute approximate surface area is 127 Å². The van der Waals surface area contributed by atoms with E-state index in [2.05, 4.69) is 31.9 Å². The van der Waals surface area contributed by atoms with Crippen LogP contribution in [0.5, 0.6) is 11.5 Å². The lowest BCUT2D eigenvalue weighted by molar-refractivity contribution is 0.112. The maximum atomic E-state index is 10.7. The van der Waals surface area contributed by atoms with Gasteiger partial charge >= 0.3 is 0 Å². The van der Waals surface area contributed by atoms with E-state index >= 15 is 0 Å². The maximum Gasteiger partial charge on any atom is 0.150 e. The van der Waals surface area contributed by atoms with Gasteiger partial charge in [-0.2, -0.15) is 5.26 Å². The average molecular weight is 381 g/mol. The molecule has 0 radical (unpaired) electrons. The van der Waals surface area contributed by atoms with Crippen molar-refractivity contribution in [3.63, 3.8) is 0 Å². The highest BCUT2D eigenvalue weighted by Gasteiger charge is 2.08. The van der Waals surface area contributed by atoms with Crippen LogP contribution in [0.3, 0.4) is 0 Å². The van der Waals surface area contributed by atoms with Gasteiger partial charge in [-0.05, 0) is 52.3 Å². The zero-order valence-electron chi connectivity index (χ0n) is 9.56. The molecule has 0 saturated carbocycles. The standard InChI is InChI=1S/C14H7Br2NO2/c15-11-2-4-14(12(16)6-11)19-13-3-1-9(8-18)5-10(13)7-17/h1-6,8H. The minimum atomic E-state index is 0.319. The summed E-state index contributed by atoms with van der Waals surface area (Å²) in [4.78, 5) is 10.7. The summed E-state index contributed by atoms with van der Waals surface area (Å²) in [6.07, 6.45) is 0.695. The number of nitriles is 1. The molecular weight excluding hydrogens is 374 g/mol. The molecule has 0 amide bonds. The fraction of sp³-hybridized carbons (Fsp3) is 0. The Balaban J connectivity index is 2.38. The van der Waals surface area contributed by atoms with Gasteiger partial charge in [0.05, 0.1) is 10.0 Å². The summed E-state index contributed by atoms with van der Waals surface area (Å²) in [7, 11) is 0. The molecule has 0 aliphatic heterocycles. The lowest BCUT2D eigenvalue weighted by Crippen LogP contribution is -1.91. The van der Waals surface area contributed by atoms with E-state index in [1.807, 2.05) is 18.2 Å². The number of ether oxygens (including phenoxy) is 1. The summed E-state index contributed by atoms with van der Waals surface area (Å²) in [5.41, 5.74) is 0.762. The topological polar surface area (TPSA) is 50.1 Å². The van der Waals surface area contributed by atoms with Crippen molar-refractivity contribution in [2.75, 3.05) is 0 Å². The van der Waals surface area contributed by atoms with Crippen LogP contribution in [0.15, 0.2) is 45.3 Å². The summed E-state index contributed by atoms with van der Waals surface area (Å²) in [5.74, 6) is 1.01. The fourth-order valence-electron chi connectivity index (χ4n) is 1.47. The zero-order valence-corrected chi connectivity index (χ0v) is 12.7. The Kier molecular flexibility index (Phi) is 4.35. The normalized spacial score (nSPS) is 9.74. The van der Waals surface area contributed by atoms with Crippen LogP contribution >= 0.6 is 31.9 Å². The van der Waals surface area contributed by atoms with E-state index in [0.717, 1.165) is 8.95 Å². The van der Waals surface area contributed by atoms with Crippen LogP contribution in [0, 0.1) is 11.3 Å². The second-order valence-corrected chi connectivity index (χ2v) is 5.43. The molecule has 94 valence electrons. The van der Waals surface area contributed by atoms with Crippen LogP contribution in [0.2, 0.25) is 0 Å². The highest BCUT2D eigenvalue weighted by atomic mass is 79.9. The molecule has 0 aliphatic carbocycles. The third kappa shape index (κ3) is 3.22. The number of hydrogen-bond acceptors (Lipinski definition) is 3. The molecule has 19 heavy (non-hydrogen) atoms. The number of benzene rings is 2. The van der Waals surface area contributed by atoms with Crippen molar-refractivity contribution in [2.24, 2.45) is 0 Å². The molecule has 0 fully saturated rings. The van der Waals surface area contributed by atoms with Crippen molar-refractivity contribution >= 4 is 38.1 Å². The Morgan fingerprint density at radius 3 is 2.47 bits per heavy atom. The van der Waals surface area contributed by atoms with E-state index in [0.29, 0.717) is 28.9 Å². The lowest BCUT2D eigenvalue weighted by atomic mass is 10.1. The van der Waals surface area contributed by atoms with Gasteiger partial charge in [-0.3, -0.25) is 4.79 Å². The second kappa shape index (κ2) is 6.00. The first kappa shape index (κ1) is 13.8. The van der Waals surface area contributed by atoms with Crippen LogP contribution < -0.4 is 4.74 Å². The van der Waals surface area contributed by atoms with Gasteiger partial charge in [-0.25, -0.2) is 0 Å². The predicted molar refractivity (Wildman–Crippen MR) is 78.5 cm³/mol. The van der Waals surface area contributed by atoms with E-state index in [4.69, 9.17) is 10.00 Å². The van der Waals surface area contributed by atoms with Crippen LogP contribution in [-0.4, -0.2) is 6.29 Å². The minimum absolute atomic E-state index is 0.319. The third-order valence-electron chi connectivity index (χ3n) is 2.37. The molecule has 0 atom stereocenters. The molecular formula is C14H7Br2NO2. The molecule has 0 spiro atoms. The molecule has 0 saturated heterocycles. The molecule has 0 heterocycles. The molecule has 0 N–H and O–H groups in total. The van der Waals surface area contributed by atoms with Gasteiger partial charge in [0, 0.05) is 10.0 Å². The monoisotopic (exact) mass is 379 g/mol. The number of carbonyl (C=O) groups is 1. The minimum Gasteiger partial charge on any atom is -0.455 e. The van der Waals surface area contributed by atoms with Crippen molar-refractivity contribution in [2.45, 2.75) is 0 Å². The number of rotatable bonds is 3. The number of carbonyl (C=O) groups excluding carboxylic acids is 1. The first-order valence-corrected chi connectivity index (χ1v) is 6.85. The van der Waals surface area contributed by atoms with Crippen LogP contribution in [-0.2, 0) is 0 Å². The van der Waals surface area contributed by atoms with Crippen molar-refractivity contribution in [3.8, 4) is 17.6 Å². The van der Waals surface area contributed by atoms with Gasteiger partial charge in [-0.1, -0.05) is 15.9 Å². The van der Waals surface area contributed by atoms with E-state index in [1.165, 1.54) is 6.07 Å². The number of aldehydes is 1. The molecule has 0 aliphatic rings. The van der Waals surface area contributed by atoms with Gasteiger partial charge in [0.15, 0.2) is 0 Å². The Morgan fingerprint density at radius 1 is 1.11 bits per heavy atom. The van der Waals surface area contributed by atoms with E-state index < -0.39 is 0 Å². The average Bonchev–Trinajstić information content (AvgIpc) is 2.42. The van der Waals surface area contributed by atoms with Crippen molar-refractivity contribution in [1.29, 1.82) is 5.26 Å². The lowest BCUT2D eigenvalue weighted by Gasteiger charge is -2.09. The van der Waals surface area contributed by atoms with Crippen LogP contribution in [0.25, 0.3) is 0 Å². The SMILES string of the molecule is N#Cc1cc(C=O)ccc1Oc1ccc(Br)cc1Br. The molecule has 2 aromatic rings. The van der Waals surface area contributed by atoms with Crippen molar-refractivity contribution in [1.82, 2.24) is 0 Å². The van der Waals surface area contributed by atoms with Gasteiger partial charge < -0.3 is 4.74 Å². The van der Waals surface area contributed by atoms with E-state index in [9.17, 15) is 4.79 Å². The molecule has 3 nitrogen and oxygen atoms in total. The maximum absolute atomic E-state index is 10.7. The van der Waals surface area contributed by atoms with Crippen LogP contribution in [0.4, 0.5) is 0 Å². The van der Waals surface area contributed by atoms with Crippen molar-refractivity contribution < 1.29 is 9.53 Å². The first-order valence-electron chi connectivity index (χ1n) is 5.26. The Bertz CT molecular complexity index is 678. The zero-order chi connectivity index (χ0) is 13.8. The van der Waals surface area contributed by atoms with Crippen molar-refractivity contribution in [3.05, 3.63) is 56.5 Å². The largest absolute Gasteiger partial charge is 0.455 e. The smallest absolute Gasteiger partial charge is 0.150 e. The highest BCUT2D eigenvalue weighted by Crippen LogP contribution is 2.33. The molecule has 0 aromatic heterocycles. The predicted octanol–water partition coefficient (Wildman–Crippen LogP) is 4.69. The molecule has 0 bridgehead atoms. The van der Waals surface area contributed by atoms with Gasteiger partial charge in [0.2, 0.25) is 0 Å². The number of hydrogen-bond donors (Lipinski definition) is 0. The summed E-state index contributed by atoms with van der Waals surface area (Å²) in [6, 6.07) is 12.2. The van der Waals surface area contributed by atoms with Crippen LogP contribution in [0.1, 0.15) is 15.9 Å². The Morgan fingerprint density at radius 2 is 1.84 bits per heavy atom. The van der Waals surface area contributed by atoms with Gasteiger partial charge in [-0.15, -0.1) is 0 Å². The second-order valence-electron chi connectivity index (χ2n) is 3.66. The molecule has 2 rings (SSSR count).